The van der Waals surface area contributed by atoms with Crippen LogP contribution >= 0.6 is 23.2 Å². The van der Waals surface area contributed by atoms with Crippen LogP contribution in [0.3, 0.4) is 0 Å². The van der Waals surface area contributed by atoms with E-state index < -0.39 is 5.97 Å². The second-order valence-electron chi connectivity index (χ2n) is 2.61. The zero-order valence-corrected chi connectivity index (χ0v) is 10.3. The largest absolute Gasteiger partial charge is 0.476 e. The first-order valence-corrected chi connectivity index (χ1v) is 5.38. The first-order valence-electron chi connectivity index (χ1n) is 4.63. The number of hydrogen-bond donors (Lipinski definition) is 0. The Labute approximate surface area is 103 Å². The number of carbonyl (C=O) groups is 1. The molecule has 0 aliphatic rings. The maximum atomic E-state index is 11.5. The van der Waals surface area contributed by atoms with Crippen LogP contribution in [0.15, 0.2) is 0 Å². The summed E-state index contributed by atoms with van der Waals surface area (Å²) >= 11 is 11.3. The monoisotopic (exact) mass is 264 g/mol. The lowest BCUT2D eigenvalue weighted by Gasteiger charge is -2.08. The Bertz CT molecular complexity index is 399. The Morgan fingerprint density at radius 3 is 2.38 bits per heavy atom. The first kappa shape index (κ1) is 13.0. The Balaban J connectivity index is 3.13. The van der Waals surface area contributed by atoms with E-state index >= 15 is 0 Å². The second kappa shape index (κ2) is 5.86. The molecule has 1 aromatic rings. The van der Waals surface area contributed by atoms with E-state index in [0.717, 1.165) is 0 Å². The lowest BCUT2D eigenvalue weighted by molar-refractivity contribution is 0.0513. The fourth-order valence-corrected chi connectivity index (χ4v) is 1.20. The highest BCUT2D eigenvalue weighted by atomic mass is 35.5. The summed E-state index contributed by atoms with van der Waals surface area (Å²) in [5.74, 6) is -0.618. The summed E-state index contributed by atoms with van der Waals surface area (Å²) < 4.78 is 9.91. The molecular formula is C9H10Cl2N2O3. The molecule has 0 bridgehead atoms. The topological polar surface area (TPSA) is 61.3 Å². The summed E-state index contributed by atoms with van der Waals surface area (Å²) in [5.41, 5.74) is -0.0712. The molecule has 16 heavy (non-hydrogen) atoms. The standard InChI is InChI=1S/C9H10Cl2N2O3/c1-3-15-8-5(9(14)16-4-2)12-6(10)7(11)13-8/h3-4H2,1-2H3. The van der Waals surface area contributed by atoms with Gasteiger partial charge in [0.15, 0.2) is 10.3 Å². The zero-order chi connectivity index (χ0) is 12.1. The van der Waals surface area contributed by atoms with E-state index in [2.05, 4.69) is 9.97 Å². The van der Waals surface area contributed by atoms with Gasteiger partial charge in [0.05, 0.1) is 13.2 Å². The Morgan fingerprint density at radius 2 is 1.81 bits per heavy atom. The molecule has 1 heterocycles. The highest BCUT2D eigenvalue weighted by Crippen LogP contribution is 2.23. The van der Waals surface area contributed by atoms with Crippen LogP contribution in [0.1, 0.15) is 24.3 Å². The second-order valence-corrected chi connectivity index (χ2v) is 3.33. The first-order chi connectivity index (χ1) is 7.60. The number of ether oxygens (including phenoxy) is 2. The number of rotatable bonds is 4. The van der Waals surface area contributed by atoms with Crippen molar-refractivity contribution in [3.05, 3.63) is 16.0 Å². The highest BCUT2D eigenvalue weighted by Gasteiger charge is 2.20. The summed E-state index contributed by atoms with van der Waals surface area (Å²) in [6, 6.07) is 0. The van der Waals surface area contributed by atoms with Gasteiger partial charge in [-0.25, -0.2) is 9.78 Å². The van der Waals surface area contributed by atoms with Gasteiger partial charge in [0.2, 0.25) is 11.6 Å². The van der Waals surface area contributed by atoms with Crippen LogP contribution in [0, 0.1) is 0 Å². The molecule has 0 unspecified atom stereocenters. The van der Waals surface area contributed by atoms with Crippen LogP contribution in [0.5, 0.6) is 5.88 Å². The van der Waals surface area contributed by atoms with Gasteiger partial charge >= 0.3 is 5.97 Å². The van der Waals surface area contributed by atoms with Crippen LogP contribution in [0.4, 0.5) is 0 Å². The summed E-state index contributed by atoms with van der Waals surface area (Å²) in [6.07, 6.45) is 0. The Kier molecular flexibility index (Phi) is 4.76. The predicted molar refractivity (Wildman–Crippen MR) is 59.2 cm³/mol. The lowest BCUT2D eigenvalue weighted by Crippen LogP contribution is -2.12. The molecule has 0 spiro atoms. The van der Waals surface area contributed by atoms with Gasteiger partial charge in [0.25, 0.3) is 0 Å². The van der Waals surface area contributed by atoms with E-state index in [-0.39, 0.29) is 28.5 Å². The third-order valence-corrected chi connectivity index (χ3v) is 2.16. The molecule has 0 aliphatic heterocycles. The predicted octanol–water partition coefficient (Wildman–Crippen LogP) is 2.36. The van der Waals surface area contributed by atoms with Crippen molar-refractivity contribution in [3.63, 3.8) is 0 Å². The number of carbonyl (C=O) groups excluding carboxylic acids is 1. The summed E-state index contributed by atoms with van der Waals surface area (Å²) in [5, 5.41) is -0.0775. The van der Waals surface area contributed by atoms with E-state index in [9.17, 15) is 4.79 Å². The molecule has 0 aromatic carbocycles. The number of nitrogens with zero attached hydrogens (tertiary/aromatic N) is 2. The minimum absolute atomic E-state index is 0.0156. The molecule has 5 nitrogen and oxygen atoms in total. The van der Waals surface area contributed by atoms with Crippen molar-refractivity contribution in [2.45, 2.75) is 13.8 Å². The average molecular weight is 265 g/mol. The molecule has 0 saturated carbocycles. The van der Waals surface area contributed by atoms with Crippen molar-refractivity contribution in [3.8, 4) is 5.88 Å². The van der Waals surface area contributed by atoms with E-state index in [1.165, 1.54) is 0 Å². The van der Waals surface area contributed by atoms with Gasteiger partial charge in [-0.05, 0) is 13.8 Å². The molecule has 0 fully saturated rings. The Morgan fingerprint density at radius 1 is 1.19 bits per heavy atom. The molecule has 7 heteroatoms. The normalized spacial score (nSPS) is 10.0. The molecule has 1 rings (SSSR count). The van der Waals surface area contributed by atoms with E-state index in [0.29, 0.717) is 6.61 Å². The van der Waals surface area contributed by atoms with Crippen molar-refractivity contribution in [2.75, 3.05) is 13.2 Å². The van der Waals surface area contributed by atoms with Gasteiger partial charge in [-0.15, -0.1) is 0 Å². The molecule has 0 N–H and O–H groups in total. The fourth-order valence-electron chi connectivity index (χ4n) is 0.950. The molecule has 0 atom stereocenters. The molecule has 0 aliphatic carbocycles. The lowest BCUT2D eigenvalue weighted by atomic mass is 10.4. The van der Waals surface area contributed by atoms with Crippen molar-refractivity contribution in [1.82, 2.24) is 9.97 Å². The van der Waals surface area contributed by atoms with Crippen LogP contribution in [0.25, 0.3) is 0 Å². The van der Waals surface area contributed by atoms with Crippen molar-refractivity contribution < 1.29 is 14.3 Å². The zero-order valence-electron chi connectivity index (χ0n) is 8.79. The van der Waals surface area contributed by atoms with Crippen molar-refractivity contribution >= 4 is 29.2 Å². The molecule has 1 aromatic heterocycles. The van der Waals surface area contributed by atoms with Gasteiger partial charge in [0, 0.05) is 0 Å². The van der Waals surface area contributed by atoms with Gasteiger partial charge in [-0.2, -0.15) is 4.98 Å². The van der Waals surface area contributed by atoms with Crippen molar-refractivity contribution in [2.24, 2.45) is 0 Å². The van der Waals surface area contributed by atoms with E-state index in [4.69, 9.17) is 32.7 Å². The third kappa shape index (κ3) is 2.96. The summed E-state index contributed by atoms with van der Waals surface area (Å²) in [4.78, 5) is 19.1. The van der Waals surface area contributed by atoms with Gasteiger partial charge < -0.3 is 9.47 Å². The maximum absolute atomic E-state index is 11.5. The van der Waals surface area contributed by atoms with Gasteiger partial charge in [-0.1, -0.05) is 23.2 Å². The minimum Gasteiger partial charge on any atom is -0.476 e. The molecule has 0 radical (unpaired) electrons. The van der Waals surface area contributed by atoms with Gasteiger partial charge in [-0.3, -0.25) is 0 Å². The third-order valence-electron chi connectivity index (χ3n) is 1.53. The number of halogens is 2. The number of hydrogen-bond acceptors (Lipinski definition) is 5. The highest BCUT2D eigenvalue weighted by molar-refractivity contribution is 6.40. The molecule has 0 amide bonds. The Hall–Kier alpha value is -1.07. The molecule has 0 saturated heterocycles. The number of esters is 1. The van der Waals surface area contributed by atoms with Gasteiger partial charge in [0.1, 0.15) is 0 Å². The molecule has 88 valence electrons. The summed E-state index contributed by atoms with van der Waals surface area (Å²) in [7, 11) is 0. The maximum Gasteiger partial charge on any atom is 0.362 e. The van der Waals surface area contributed by atoms with Crippen LogP contribution in [-0.2, 0) is 4.74 Å². The van der Waals surface area contributed by atoms with Crippen LogP contribution in [-0.4, -0.2) is 29.2 Å². The SMILES string of the molecule is CCOC(=O)c1nc(Cl)c(Cl)nc1OCC. The fraction of sp³-hybridized carbons (Fsp3) is 0.444. The van der Waals surface area contributed by atoms with E-state index in [1.807, 2.05) is 0 Å². The quantitative estimate of drug-likeness (QED) is 0.782. The molecular weight excluding hydrogens is 255 g/mol. The van der Waals surface area contributed by atoms with Crippen molar-refractivity contribution in [1.29, 1.82) is 0 Å². The summed E-state index contributed by atoms with van der Waals surface area (Å²) in [6.45, 7) is 3.99. The van der Waals surface area contributed by atoms with E-state index in [1.54, 1.807) is 13.8 Å². The number of aromatic nitrogens is 2. The average Bonchev–Trinajstić information content (AvgIpc) is 2.23. The minimum atomic E-state index is -0.642. The van der Waals surface area contributed by atoms with Crippen LogP contribution in [0.2, 0.25) is 10.3 Å². The smallest absolute Gasteiger partial charge is 0.362 e. The van der Waals surface area contributed by atoms with Crippen LogP contribution < -0.4 is 4.74 Å².